The molecule has 26 heavy (non-hydrogen) atoms. The van der Waals surface area contributed by atoms with Crippen molar-refractivity contribution in [2.24, 2.45) is 5.73 Å². The molecule has 0 saturated carbocycles. The SMILES string of the molecule is NC(CCN1C(=O)c2ccccc2C1=O)C(O)COCc1ccccc1. The maximum atomic E-state index is 12.3. The van der Waals surface area contributed by atoms with Crippen LogP contribution in [-0.4, -0.2) is 47.1 Å². The molecule has 6 heteroatoms. The van der Waals surface area contributed by atoms with E-state index in [0.717, 1.165) is 5.56 Å². The van der Waals surface area contributed by atoms with Gasteiger partial charge in [-0.1, -0.05) is 42.5 Å². The minimum absolute atomic E-state index is 0.0954. The third kappa shape index (κ3) is 3.99. The standard InChI is InChI=1S/C20H22N2O4/c21-17(18(23)13-26-12-14-6-2-1-3-7-14)10-11-22-19(24)15-8-4-5-9-16(15)20(22)25/h1-9,17-18,23H,10-13,21H2. The molecular formula is C20H22N2O4. The van der Waals surface area contributed by atoms with Crippen LogP contribution in [0.4, 0.5) is 0 Å². The summed E-state index contributed by atoms with van der Waals surface area (Å²) in [5, 5.41) is 10.1. The van der Waals surface area contributed by atoms with Crippen LogP contribution in [0.2, 0.25) is 0 Å². The zero-order valence-corrected chi connectivity index (χ0v) is 14.4. The predicted octanol–water partition coefficient (Wildman–Crippen LogP) is 1.58. The van der Waals surface area contributed by atoms with Crippen molar-refractivity contribution >= 4 is 11.8 Å². The number of imide groups is 1. The van der Waals surface area contributed by atoms with E-state index in [-0.39, 0.29) is 25.0 Å². The summed E-state index contributed by atoms with van der Waals surface area (Å²) < 4.78 is 5.49. The van der Waals surface area contributed by atoms with E-state index in [2.05, 4.69) is 0 Å². The average Bonchev–Trinajstić information content (AvgIpc) is 2.91. The van der Waals surface area contributed by atoms with E-state index in [9.17, 15) is 14.7 Å². The predicted molar refractivity (Wildman–Crippen MR) is 96.5 cm³/mol. The van der Waals surface area contributed by atoms with Crippen LogP contribution in [0.1, 0.15) is 32.7 Å². The maximum Gasteiger partial charge on any atom is 0.261 e. The largest absolute Gasteiger partial charge is 0.389 e. The smallest absolute Gasteiger partial charge is 0.261 e. The number of carbonyl (C=O) groups excluding carboxylic acids is 2. The van der Waals surface area contributed by atoms with Crippen molar-refractivity contribution < 1.29 is 19.4 Å². The zero-order chi connectivity index (χ0) is 18.5. The molecule has 6 nitrogen and oxygen atoms in total. The Bertz CT molecular complexity index is 743. The van der Waals surface area contributed by atoms with Gasteiger partial charge in [0.05, 0.1) is 30.4 Å². The normalized spacial score (nSPS) is 15.8. The van der Waals surface area contributed by atoms with Crippen molar-refractivity contribution in [3.05, 3.63) is 71.3 Å². The van der Waals surface area contributed by atoms with Gasteiger partial charge in [-0.2, -0.15) is 0 Å². The van der Waals surface area contributed by atoms with Crippen molar-refractivity contribution in [2.75, 3.05) is 13.2 Å². The Morgan fingerprint density at radius 3 is 2.15 bits per heavy atom. The van der Waals surface area contributed by atoms with Gasteiger partial charge in [0.1, 0.15) is 0 Å². The van der Waals surface area contributed by atoms with Crippen LogP contribution < -0.4 is 5.73 Å². The fourth-order valence-corrected chi connectivity index (χ4v) is 2.91. The molecule has 2 amide bonds. The summed E-state index contributed by atoms with van der Waals surface area (Å²) in [5.41, 5.74) is 7.83. The molecule has 0 aromatic heterocycles. The molecule has 0 fully saturated rings. The topological polar surface area (TPSA) is 92.9 Å². The number of rotatable bonds is 8. The lowest BCUT2D eigenvalue weighted by molar-refractivity contribution is 0.0132. The van der Waals surface area contributed by atoms with Crippen molar-refractivity contribution in [1.82, 2.24) is 4.90 Å². The van der Waals surface area contributed by atoms with Gasteiger partial charge in [-0.3, -0.25) is 14.5 Å². The third-order valence-electron chi connectivity index (χ3n) is 4.46. The molecule has 1 heterocycles. The Kier molecular flexibility index (Phi) is 5.78. The summed E-state index contributed by atoms with van der Waals surface area (Å²) in [6, 6.07) is 15.8. The summed E-state index contributed by atoms with van der Waals surface area (Å²) in [6.45, 7) is 0.657. The lowest BCUT2D eigenvalue weighted by Crippen LogP contribution is -2.42. The molecule has 2 aromatic rings. The minimum Gasteiger partial charge on any atom is -0.389 e. The number of amides is 2. The first-order valence-corrected chi connectivity index (χ1v) is 8.58. The summed E-state index contributed by atoms with van der Waals surface area (Å²) in [6.07, 6.45) is -0.560. The second-order valence-corrected chi connectivity index (χ2v) is 6.33. The number of hydrogen-bond acceptors (Lipinski definition) is 5. The Morgan fingerprint density at radius 1 is 0.962 bits per heavy atom. The first kappa shape index (κ1) is 18.3. The molecule has 3 N–H and O–H groups in total. The molecule has 136 valence electrons. The highest BCUT2D eigenvalue weighted by molar-refractivity contribution is 6.21. The van der Waals surface area contributed by atoms with E-state index in [1.807, 2.05) is 30.3 Å². The number of benzene rings is 2. The van der Waals surface area contributed by atoms with Gasteiger partial charge < -0.3 is 15.6 Å². The van der Waals surface area contributed by atoms with E-state index >= 15 is 0 Å². The number of aliphatic hydroxyl groups excluding tert-OH is 1. The van der Waals surface area contributed by atoms with Gasteiger partial charge in [-0.15, -0.1) is 0 Å². The summed E-state index contributed by atoms with van der Waals surface area (Å²) in [5.74, 6) is -0.625. The Balaban J connectivity index is 1.46. The molecular weight excluding hydrogens is 332 g/mol. The highest BCUT2D eigenvalue weighted by Crippen LogP contribution is 2.22. The van der Waals surface area contributed by atoms with E-state index in [1.165, 1.54) is 4.90 Å². The van der Waals surface area contributed by atoms with Crippen LogP contribution in [-0.2, 0) is 11.3 Å². The molecule has 0 saturated heterocycles. The lowest BCUT2D eigenvalue weighted by atomic mass is 10.1. The highest BCUT2D eigenvalue weighted by Gasteiger charge is 2.35. The van der Waals surface area contributed by atoms with E-state index < -0.39 is 12.1 Å². The van der Waals surface area contributed by atoms with Gasteiger partial charge >= 0.3 is 0 Å². The van der Waals surface area contributed by atoms with Crippen LogP contribution in [0.25, 0.3) is 0 Å². The number of carbonyl (C=O) groups is 2. The Morgan fingerprint density at radius 2 is 1.54 bits per heavy atom. The number of hydrogen-bond donors (Lipinski definition) is 2. The van der Waals surface area contributed by atoms with Crippen molar-refractivity contribution in [1.29, 1.82) is 0 Å². The number of fused-ring (bicyclic) bond motifs is 1. The van der Waals surface area contributed by atoms with E-state index in [1.54, 1.807) is 24.3 Å². The molecule has 2 aromatic carbocycles. The molecule has 0 bridgehead atoms. The quantitative estimate of drug-likeness (QED) is 0.702. The molecule has 2 unspecified atom stereocenters. The number of aliphatic hydroxyl groups is 1. The summed E-state index contributed by atoms with van der Waals surface area (Å²) >= 11 is 0. The molecule has 3 rings (SSSR count). The lowest BCUT2D eigenvalue weighted by Gasteiger charge is -2.21. The van der Waals surface area contributed by atoms with Gasteiger partial charge in [0, 0.05) is 12.6 Å². The molecule has 2 atom stereocenters. The first-order chi connectivity index (χ1) is 12.6. The van der Waals surface area contributed by atoms with Crippen LogP contribution in [0.15, 0.2) is 54.6 Å². The molecule has 0 spiro atoms. The first-order valence-electron chi connectivity index (χ1n) is 8.58. The summed E-state index contributed by atoms with van der Waals surface area (Å²) in [7, 11) is 0. The molecule has 0 radical (unpaired) electrons. The number of ether oxygens (including phenoxy) is 1. The van der Waals surface area contributed by atoms with Crippen LogP contribution >= 0.6 is 0 Å². The molecule has 1 aliphatic heterocycles. The van der Waals surface area contributed by atoms with E-state index in [0.29, 0.717) is 24.2 Å². The highest BCUT2D eigenvalue weighted by atomic mass is 16.5. The van der Waals surface area contributed by atoms with Crippen LogP contribution in [0.5, 0.6) is 0 Å². The van der Waals surface area contributed by atoms with Gasteiger partial charge in [-0.05, 0) is 24.1 Å². The Labute approximate surface area is 152 Å². The van der Waals surface area contributed by atoms with Gasteiger partial charge in [0.2, 0.25) is 0 Å². The monoisotopic (exact) mass is 354 g/mol. The van der Waals surface area contributed by atoms with Gasteiger partial charge in [-0.25, -0.2) is 0 Å². The minimum atomic E-state index is -0.867. The molecule has 1 aliphatic rings. The fraction of sp³-hybridized carbons (Fsp3) is 0.300. The second-order valence-electron chi connectivity index (χ2n) is 6.33. The van der Waals surface area contributed by atoms with Crippen molar-refractivity contribution in [2.45, 2.75) is 25.2 Å². The number of nitrogens with zero attached hydrogens (tertiary/aromatic N) is 1. The van der Waals surface area contributed by atoms with Crippen LogP contribution in [0, 0.1) is 0 Å². The third-order valence-corrected chi connectivity index (χ3v) is 4.46. The van der Waals surface area contributed by atoms with Crippen LogP contribution in [0.3, 0.4) is 0 Å². The summed E-state index contributed by atoms with van der Waals surface area (Å²) in [4.78, 5) is 25.8. The van der Waals surface area contributed by atoms with E-state index in [4.69, 9.17) is 10.5 Å². The van der Waals surface area contributed by atoms with Crippen molar-refractivity contribution in [3.8, 4) is 0 Å². The van der Waals surface area contributed by atoms with Crippen molar-refractivity contribution in [3.63, 3.8) is 0 Å². The average molecular weight is 354 g/mol. The molecule has 0 aliphatic carbocycles. The number of nitrogens with two attached hydrogens (primary N) is 1. The fourth-order valence-electron chi connectivity index (χ4n) is 2.91. The van der Waals surface area contributed by atoms with Gasteiger partial charge in [0.15, 0.2) is 0 Å². The zero-order valence-electron chi connectivity index (χ0n) is 14.4. The van der Waals surface area contributed by atoms with Gasteiger partial charge in [0.25, 0.3) is 11.8 Å². The Hall–Kier alpha value is -2.54. The maximum absolute atomic E-state index is 12.3. The second kappa shape index (κ2) is 8.23.